The smallest absolute Gasteiger partial charge is 0.234 e. The molecular weight excluding hydrogens is 406 g/mol. The average molecular weight is 446 g/mol. The van der Waals surface area contributed by atoms with E-state index in [2.05, 4.69) is 24.1 Å². The Morgan fingerprint density at radius 3 is 2.38 bits per heavy atom. The van der Waals surface area contributed by atoms with E-state index in [-0.39, 0.29) is 29.7 Å². The van der Waals surface area contributed by atoms with Crippen molar-refractivity contribution in [3.05, 3.63) is 23.8 Å². The summed E-state index contributed by atoms with van der Waals surface area (Å²) in [5, 5.41) is 3.22. The first kappa shape index (κ1) is 24.4. The summed E-state index contributed by atoms with van der Waals surface area (Å²) in [5.74, 6) is 2.11. The van der Waals surface area contributed by atoms with Crippen LogP contribution in [0.1, 0.15) is 58.6 Å². The van der Waals surface area contributed by atoms with E-state index in [0.717, 1.165) is 62.5 Å². The molecule has 0 radical (unpaired) electrons. The first-order valence-electron chi connectivity index (χ1n) is 12.1. The van der Waals surface area contributed by atoms with Crippen LogP contribution in [0.15, 0.2) is 18.2 Å². The Morgan fingerprint density at radius 2 is 1.75 bits per heavy atom. The number of nitrogens with one attached hydrogen (secondary N) is 1. The number of benzene rings is 1. The van der Waals surface area contributed by atoms with E-state index in [1.54, 1.807) is 0 Å². The second kappa shape index (κ2) is 11.5. The van der Waals surface area contributed by atoms with Crippen LogP contribution < -0.4 is 14.8 Å². The zero-order valence-electron chi connectivity index (χ0n) is 20.1. The molecule has 0 spiro atoms. The van der Waals surface area contributed by atoms with Crippen molar-refractivity contribution in [1.29, 1.82) is 0 Å². The highest BCUT2D eigenvalue weighted by atomic mass is 16.5. The lowest BCUT2D eigenvalue weighted by Gasteiger charge is -2.34. The molecule has 1 N–H and O–H groups in total. The second-order valence-electron chi connectivity index (χ2n) is 9.11. The normalized spacial score (nSPS) is 18.2. The van der Waals surface area contributed by atoms with Gasteiger partial charge in [0.05, 0.1) is 25.8 Å². The molecule has 7 heteroatoms. The number of piperidine rings is 1. The Hall–Kier alpha value is -2.28. The number of fused-ring (bicyclic) bond motifs is 1. The summed E-state index contributed by atoms with van der Waals surface area (Å²) in [7, 11) is 0. The number of amides is 2. The van der Waals surface area contributed by atoms with Gasteiger partial charge in [-0.25, -0.2) is 0 Å². The van der Waals surface area contributed by atoms with Crippen molar-refractivity contribution in [2.75, 3.05) is 45.9 Å². The Balaban J connectivity index is 1.55. The zero-order valence-corrected chi connectivity index (χ0v) is 20.1. The number of hydrogen-bond acceptors (Lipinski definition) is 5. The SMILES string of the molecule is CCN(CC)C(=O)C1CCN(CC(=O)NC(c2ccc3c(c2)OCCCO3)C(C)C)CC1. The summed E-state index contributed by atoms with van der Waals surface area (Å²) in [6.45, 7) is 13.0. The number of ether oxygens (including phenoxy) is 2. The second-order valence-corrected chi connectivity index (χ2v) is 9.11. The van der Waals surface area contributed by atoms with E-state index in [0.29, 0.717) is 19.8 Å². The van der Waals surface area contributed by atoms with Gasteiger partial charge in [-0.15, -0.1) is 0 Å². The lowest BCUT2D eigenvalue weighted by Crippen LogP contribution is -2.46. The molecule has 2 amide bonds. The van der Waals surface area contributed by atoms with E-state index >= 15 is 0 Å². The summed E-state index contributed by atoms with van der Waals surface area (Å²) in [4.78, 5) is 29.5. The third-order valence-corrected chi connectivity index (χ3v) is 6.49. The number of hydrogen-bond donors (Lipinski definition) is 1. The van der Waals surface area contributed by atoms with Crippen molar-refractivity contribution < 1.29 is 19.1 Å². The maximum absolute atomic E-state index is 12.9. The molecule has 3 rings (SSSR count). The first-order chi connectivity index (χ1) is 15.4. The first-order valence-corrected chi connectivity index (χ1v) is 12.1. The van der Waals surface area contributed by atoms with Crippen LogP contribution >= 0.6 is 0 Å². The summed E-state index contributed by atoms with van der Waals surface area (Å²) < 4.78 is 11.6. The predicted molar refractivity (Wildman–Crippen MR) is 125 cm³/mol. The largest absolute Gasteiger partial charge is 0.490 e. The molecule has 1 aromatic rings. The minimum Gasteiger partial charge on any atom is -0.490 e. The third-order valence-electron chi connectivity index (χ3n) is 6.49. The standard InChI is InChI=1S/C25H39N3O4/c1-5-28(6-2)25(30)19-10-12-27(13-11-19)17-23(29)26-24(18(3)4)20-8-9-21-22(16-20)32-15-7-14-31-21/h8-9,16,18-19,24H,5-7,10-15,17H2,1-4H3,(H,26,29). The minimum atomic E-state index is -0.0959. The highest BCUT2D eigenvalue weighted by molar-refractivity contribution is 5.80. The monoisotopic (exact) mass is 445 g/mol. The fourth-order valence-corrected chi connectivity index (χ4v) is 4.56. The summed E-state index contributed by atoms with van der Waals surface area (Å²) in [6.07, 6.45) is 2.50. The lowest BCUT2D eigenvalue weighted by atomic mass is 9.94. The fraction of sp³-hybridized carbons (Fsp3) is 0.680. The van der Waals surface area contributed by atoms with Crippen molar-refractivity contribution in [3.8, 4) is 11.5 Å². The van der Waals surface area contributed by atoms with E-state index in [9.17, 15) is 9.59 Å². The lowest BCUT2D eigenvalue weighted by molar-refractivity contribution is -0.136. The van der Waals surface area contributed by atoms with Gasteiger partial charge in [0, 0.05) is 25.4 Å². The zero-order chi connectivity index (χ0) is 23.1. The topological polar surface area (TPSA) is 71.1 Å². The van der Waals surface area contributed by atoms with Crippen LogP contribution in [0, 0.1) is 11.8 Å². The van der Waals surface area contributed by atoms with Gasteiger partial charge in [-0.1, -0.05) is 19.9 Å². The number of carbonyl (C=O) groups excluding carboxylic acids is 2. The molecule has 32 heavy (non-hydrogen) atoms. The van der Waals surface area contributed by atoms with E-state index in [1.807, 2.05) is 36.9 Å². The summed E-state index contributed by atoms with van der Waals surface area (Å²) in [6, 6.07) is 5.86. The molecule has 1 unspecified atom stereocenters. The van der Waals surface area contributed by atoms with Crippen LogP contribution in [-0.2, 0) is 9.59 Å². The van der Waals surface area contributed by atoms with Crippen LogP contribution in [0.5, 0.6) is 11.5 Å². The van der Waals surface area contributed by atoms with Crippen molar-refractivity contribution in [2.45, 2.75) is 53.0 Å². The van der Waals surface area contributed by atoms with Gasteiger partial charge < -0.3 is 19.7 Å². The van der Waals surface area contributed by atoms with Crippen LogP contribution in [0.25, 0.3) is 0 Å². The molecule has 1 saturated heterocycles. The Kier molecular flexibility index (Phi) is 8.79. The molecule has 1 atom stereocenters. The van der Waals surface area contributed by atoms with Gasteiger partial charge in [0.2, 0.25) is 11.8 Å². The van der Waals surface area contributed by atoms with Crippen LogP contribution in [0.4, 0.5) is 0 Å². The van der Waals surface area contributed by atoms with Crippen LogP contribution in [0.2, 0.25) is 0 Å². The highest BCUT2D eigenvalue weighted by Gasteiger charge is 2.29. The maximum Gasteiger partial charge on any atom is 0.234 e. The van der Waals surface area contributed by atoms with E-state index in [1.165, 1.54) is 0 Å². The van der Waals surface area contributed by atoms with Crippen LogP contribution in [0.3, 0.4) is 0 Å². The van der Waals surface area contributed by atoms with E-state index < -0.39 is 0 Å². The van der Waals surface area contributed by atoms with Gasteiger partial charge >= 0.3 is 0 Å². The van der Waals surface area contributed by atoms with Gasteiger partial charge in [-0.05, 0) is 63.4 Å². The molecule has 0 aromatic heterocycles. The summed E-state index contributed by atoms with van der Waals surface area (Å²) >= 11 is 0. The van der Waals surface area contributed by atoms with Crippen molar-refractivity contribution in [1.82, 2.24) is 15.1 Å². The van der Waals surface area contributed by atoms with Crippen LogP contribution in [-0.4, -0.2) is 67.6 Å². The molecule has 1 fully saturated rings. The Bertz CT molecular complexity index is 770. The fourth-order valence-electron chi connectivity index (χ4n) is 4.56. The maximum atomic E-state index is 12.9. The molecular formula is C25H39N3O4. The highest BCUT2D eigenvalue weighted by Crippen LogP contribution is 2.34. The molecule has 178 valence electrons. The van der Waals surface area contributed by atoms with E-state index in [4.69, 9.17) is 9.47 Å². The van der Waals surface area contributed by atoms with Gasteiger partial charge in [-0.2, -0.15) is 0 Å². The number of likely N-dealkylation sites (tertiary alicyclic amines) is 1. The third kappa shape index (κ3) is 6.15. The molecule has 2 heterocycles. The number of carbonyl (C=O) groups is 2. The predicted octanol–water partition coefficient (Wildman–Crippen LogP) is 3.24. The molecule has 0 bridgehead atoms. The van der Waals surface area contributed by atoms with Crippen molar-refractivity contribution in [2.24, 2.45) is 11.8 Å². The average Bonchev–Trinajstić information content (AvgIpc) is 3.03. The Labute approximate surface area is 192 Å². The van der Waals surface area contributed by atoms with Gasteiger partial charge in [0.25, 0.3) is 0 Å². The number of nitrogens with zero attached hydrogens (tertiary/aromatic N) is 2. The number of rotatable bonds is 8. The minimum absolute atomic E-state index is 0.0179. The molecule has 2 aliphatic rings. The molecule has 7 nitrogen and oxygen atoms in total. The Morgan fingerprint density at radius 1 is 1.09 bits per heavy atom. The van der Waals surface area contributed by atoms with Crippen molar-refractivity contribution in [3.63, 3.8) is 0 Å². The molecule has 2 aliphatic heterocycles. The molecule has 0 saturated carbocycles. The summed E-state index contributed by atoms with van der Waals surface area (Å²) in [5.41, 5.74) is 1.03. The van der Waals surface area contributed by atoms with Crippen molar-refractivity contribution >= 4 is 11.8 Å². The molecule has 0 aliphatic carbocycles. The quantitative estimate of drug-likeness (QED) is 0.665. The molecule has 1 aromatic carbocycles. The van der Waals surface area contributed by atoms with Gasteiger partial charge in [0.1, 0.15) is 0 Å². The van der Waals surface area contributed by atoms with Gasteiger partial charge in [-0.3, -0.25) is 14.5 Å². The van der Waals surface area contributed by atoms with Gasteiger partial charge in [0.15, 0.2) is 11.5 Å².